The number of hydrogen-bond donors (Lipinski definition) is 0. The number of benzene rings is 2. The van der Waals surface area contributed by atoms with E-state index in [9.17, 15) is 4.79 Å². The van der Waals surface area contributed by atoms with Crippen molar-refractivity contribution in [1.82, 2.24) is 14.9 Å². The van der Waals surface area contributed by atoms with Crippen molar-refractivity contribution >= 4 is 27.7 Å². The summed E-state index contributed by atoms with van der Waals surface area (Å²) in [7, 11) is 2.03. The quantitative estimate of drug-likeness (QED) is 0.584. The number of carbonyl (C=O) groups is 1. The molecule has 0 saturated heterocycles. The number of halogens is 1. The molecule has 0 bridgehead atoms. The average molecular weight is 451 g/mol. The van der Waals surface area contributed by atoms with Crippen molar-refractivity contribution in [3.05, 3.63) is 75.9 Å². The van der Waals surface area contributed by atoms with Gasteiger partial charge in [-0.2, -0.15) is 0 Å². The lowest BCUT2D eigenvalue weighted by Crippen LogP contribution is -2.37. The minimum absolute atomic E-state index is 0.0363. The predicted octanol–water partition coefficient (Wildman–Crippen LogP) is 4.56. The lowest BCUT2D eigenvalue weighted by molar-refractivity contribution is 0.0733. The van der Waals surface area contributed by atoms with E-state index in [-0.39, 0.29) is 5.91 Å². The van der Waals surface area contributed by atoms with Gasteiger partial charge in [-0.05, 0) is 25.1 Å². The number of aromatic nitrogens is 2. The highest BCUT2D eigenvalue weighted by atomic mass is 79.9. The first kappa shape index (κ1) is 19.6. The molecule has 6 heteroatoms. The summed E-state index contributed by atoms with van der Waals surface area (Å²) in [6, 6.07) is 17.6. The zero-order valence-corrected chi connectivity index (χ0v) is 18.2. The number of nitrogens with zero attached hydrogens (tertiary/aromatic N) is 4. The second-order valence-electron chi connectivity index (χ2n) is 7.16. The second-order valence-corrected chi connectivity index (χ2v) is 8.08. The molecule has 0 atom stereocenters. The van der Waals surface area contributed by atoms with Gasteiger partial charge >= 0.3 is 0 Å². The van der Waals surface area contributed by atoms with Crippen LogP contribution in [0.5, 0.6) is 0 Å². The molecule has 0 radical (unpaired) electrons. The van der Waals surface area contributed by atoms with E-state index >= 15 is 0 Å². The minimum Gasteiger partial charge on any atom is -0.360 e. The molecule has 0 fully saturated rings. The molecule has 5 nitrogen and oxygen atoms in total. The molecule has 0 unspecified atom stereocenters. The van der Waals surface area contributed by atoms with Gasteiger partial charge in [0.05, 0.1) is 12.2 Å². The summed E-state index contributed by atoms with van der Waals surface area (Å²) in [4.78, 5) is 26.8. The molecule has 2 heterocycles. The fourth-order valence-electron chi connectivity index (χ4n) is 3.56. The van der Waals surface area contributed by atoms with E-state index in [0.29, 0.717) is 18.7 Å². The maximum atomic E-state index is 13.1. The zero-order chi connectivity index (χ0) is 20.4. The highest BCUT2D eigenvalue weighted by Gasteiger charge is 2.27. The van der Waals surface area contributed by atoms with Crippen LogP contribution >= 0.6 is 15.9 Å². The Labute approximate surface area is 179 Å². The molecule has 1 aliphatic heterocycles. The van der Waals surface area contributed by atoms with Crippen molar-refractivity contribution in [1.29, 1.82) is 0 Å². The standard InChI is InChI=1S/C23H23BrN4O/c1-3-27(2)22-19-15-28(23(29)17-10-7-11-18(24)14-17)13-12-20(19)25-21(26-22)16-8-5-4-6-9-16/h4-11,14H,3,12-13,15H2,1-2H3. The van der Waals surface area contributed by atoms with Gasteiger partial charge in [-0.25, -0.2) is 9.97 Å². The Morgan fingerprint density at radius 3 is 2.66 bits per heavy atom. The number of hydrogen-bond acceptors (Lipinski definition) is 4. The first-order valence-corrected chi connectivity index (χ1v) is 10.6. The molecule has 29 heavy (non-hydrogen) atoms. The van der Waals surface area contributed by atoms with Crippen LogP contribution in [0.2, 0.25) is 0 Å². The van der Waals surface area contributed by atoms with E-state index in [2.05, 4.69) is 27.8 Å². The normalized spacial score (nSPS) is 13.1. The SMILES string of the molecule is CCN(C)c1nc(-c2ccccc2)nc2c1CN(C(=O)c1cccc(Br)c1)CC2. The van der Waals surface area contributed by atoms with E-state index in [1.807, 2.05) is 66.5 Å². The van der Waals surface area contributed by atoms with E-state index in [1.165, 1.54) is 0 Å². The van der Waals surface area contributed by atoms with Gasteiger partial charge in [0.15, 0.2) is 5.82 Å². The predicted molar refractivity (Wildman–Crippen MR) is 119 cm³/mol. The highest BCUT2D eigenvalue weighted by molar-refractivity contribution is 9.10. The smallest absolute Gasteiger partial charge is 0.254 e. The van der Waals surface area contributed by atoms with Crippen LogP contribution in [0.3, 0.4) is 0 Å². The van der Waals surface area contributed by atoms with Crippen LogP contribution in [-0.4, -0.2) is 40.9 Å². The van der Waals surface area contributed by atoms with Crippen molar-refractivity contribution < 1.29 is 4.79 Å². The molecule has 0 aliphatic carbocycles. The van der Waals surface area contributed by atoms with Crippen LogP contribution in [0.25, 0.3) is 11.4 Å². The van der Waals surface area contributed by atoms with Gasteiger partial charge in [0.2, 0.25) is 0 Å². The third-order valence-electron chi connectivity index (χ3n) is 5.27. The van der Waals surface area contributed by atoms with E-state index in [4.69, 9.17) is 9.97 Å². The van der Waals surface area contributed by atoms with Crippen molar-refractivity contribution in [2.75, 3.05) is 25.0 Å². The summed E-state index contributed by atoms with van der Waals surface area (Å²) in [6.45, 7) is 4.11. The third-order valence-corrected chi connectivity index (χ3v) is 5.76. The third kappa shape index (κ3) is 4.03. The summed E-state index contributed by atoms with van der Waals surface area (Å²) in [5, 5.41) is 0. The van der Waals surface area contributed by atoms with Crippen LogP contribution < -0.4 is 4.90 Å². The average Bonchev–Trinajstić information content (AvgIpc) is 2.77. The van der Waals surface area contributed by atoms with Crippen molar-refractivity contribution in [2.45, 2.75) is 19.9 Å². The van der Waals surface area contributed by atoms with Gasteiger partial charge in [0.25, 0.3) is 5.91 Å². The Bertz CT molecular complexity index is 1040. The molecular formula is C23H23BrN4O. The number of anilines is 1. The Balaban J connectivity index is 1.71. The molecule has 0 saturated carbocycles. The summed E-state index contributed by atoms with van der Waals surface area (Å²) >= 11 is 3.45. The van der Waals surface area contributed by atoms with Crippen molar-refractivity contribution in [2.24, 2.45) is 0 Å². The fourth-order valence-corrected chi connectivity index (χ4v) is 3.96. The second kappa shape index (κ2) is 8.33. The molecule has 1 amide bonds. The number of carbonyl (C=O) groups excluding carboxylic acids is 1. The molecule has 1 aromatic heterocycles. The van der Waals surface area contributed by atoms with Gasteiger partial charge in [-0.1, -0.05) is 52.3 Å². The summed E-state index contributed by atoms with van der Waals surface area (Å²) in [5.74, 6) is 1.68. The van der Waals surface area contributed by atoms with Crippen molar-refractivity contribution in [3.63, 3.8) is 0 Å². The molecule has 2 aromatic carbocycles. The first-order valence-electron chi connectivity index (χ1n) is 9.78. The van der Waals surface area contributed by atoms with Crippen LogP contribution in [0.1, 0.15) is 28.5 Å². The van der Waals surface area contributed by atoms with Crippen LogP contribution in [0, 0.1) is 0 Å². The highest BCUT2D eigenvalue weighted by Crippen LogP contribution is 2.30. The minimum atomic E-state index is 0.0363. The molecule has 0 N–H and O–H groups in total. The van der Waals surface area contributed by atoms with Gasteiger partial charge in [0.1, 0.15) is 5.82 Å². The maximum Gasteiger partial charge on any atom is 0.254 e. The molecule has 0 spiro atoms. The Morgan fingerprint density at radius 1 is 1.14 bits per heavy atom. The molecular weight excluding hydrogens is 428 g/mol. The lowest BCUT2D eigenvalue weighted by Gasteiger charge is -2.31. The largest absolute Gasteiger partial charge is 0.360 e. The number of fused-ring (bicyclic) bond motifs is 1. The summed E-state index contributed by atoms with van der Waals surface area (Å²) < 4.78 is 0.906. The van der Waals surface area contributed by atoms with Gasteiger partial charge in [0, 0.05) is 47.7 Å². The Hall–Kier alpha value is -2.73. The van der Waals surface area contributed by atoms with Gasteiger partial charge in [-0.15, -0.1) is 0 Å². The monoisotopic (exact) mass is 450 g/mol. The number of rotatable bonds is 4. The van der Waals surface area contributed by atoms with Gasteiger partial charge < -0.3 is 9.80 Å². The molecule has 3 aromatic rings. The summed E-state index contributed by atoms with van der Waals surface area (Å²) in [6.07, 6.45) is 0.724. The summed E-state index contributed by atoms with van der Waals surface area (Å²) in [5.41, 5.74) is 3.78. The van der Waals surface area contributed by atoms with E-state index in [0.717, 1.165) is 45.9 Å². The Morgan fingerprint density at radius 2 is 1.93 bits per heavy atom. The fraction of sp³-hybridized carbons (Fsp3) is 0.261. The number of amides is 1. The van der Waals surface area contributed by atoms with Crippen LogP contribution in [0.15, 0.2) is 59.1 Å². The van der Waals surface area contributed by atoms with Gasteiger partial charge in [-0.3, -0.25) is 4.79 Å². The molecule has 148 valence electrons. The maximum absolute atomic E-state index is 13.1. The van der Waals surface area contributed by atoms with Crippen molar-refractivity contribution in [3.8, 4) is 11.4 Å². The molecule has 4 rings (SSSR count). The topological polar surface area (TPSA) is 49.3 Å². The van der Waals surface area contributed by atoms with Crippen LogP contribution in [0.4, 0.5) is 5.82 Å². The molecule has 1 aliphatic rings. The first-order chi connectivity index (χ1) is 14.1. The lowest BCUT2D eigenvalue weighted by atomic mass is 10.0. The van der Waals surface area contributed by atoms with Crippen LogP contribution in [-0.2, 0) is 13.0 Å². The van der Waals surface area contributed by atoms with E-state index < -0.39 is 0 Å². The Kier molecular flexibility index (Phi) is 5.62. The zero-order valence-electron chi connectivity index (χ0n) is 16.6. The van der Waals surface area contributed by atoms with E-state index in [1.54, 1.807) is 0 Å².